The molecule has 0 atom stereocenters. The lowest BCUT2D eigenvalue weighted by atomic mass is 9.96. The minimum atomic E-state index is 0.518. The van der Waals surface area contributed by atoms with E-state index >= 15 is 0 Å². The van der Waals surface area contributed by atoms with Gasteiger partial charge in [-0.15, -0.1) is 0 Å². The van der Waals surface area contributed by atoms with Gasteiger partial charge in [0.05, 0.1) is 18.1 Å². The molecule has 1 N–H and O–H groups in total. The highest BCUT2D eigenvalue weighted by Crippen LogP contribution is 2.29. The summed E-state index contributed by atoms with van der Waals surface area (Å²) in [7, 11) is 1.66. The molecule has 1 aromatic heterocycles. The van der Waals surface area contributed by atoms with Gasteiger partial charge in [0.15, 0.2) is 0 Å². The van der Waals surface area contributed by atoms with Gasteiger partial charge in [-0.1, -0.05) is 24.3 Å². The number of para-hydroxylation sites is 2. The Morgan fingerprint density at radius 1 is 0.871 bits per heavy atom. The minimum absolute atomic E-state index is 0.518. The molecule has 0 spiro atoms. The van der Waals surface area contributed by atoms with Crippen LogP contribution >= 0.6 is 0 Å². The number of methoxy groups -OCH3 is 1. The first-order valence-corrected chi connectivity index (χ1v) is 10.8. The third-order valence-corrected chi connectivity index (χ3v) is 6.01. The number of hydrogen-bond donors (Lipinski definition) is 1. The molecule has 0 aliphatic carbocycles. The van der Waals surface area contributed by atoms with Crippen LogP contribution in [0.3, 0.4) is 0 Å². The smallest absolute Gasteiger partial charge is 0.127 e. The normalized spacial score (nSPS) is 15.3. The van der Waals surface area contributed by atoms with Crippen LogP contribution in [-0.4, -0.2) is 35.1 Å². The van der Waals surface area contributed by atoms with E-state index in [9.17, 15) is 0 Å². The molecule has 0 saturated carbocycles. The summed E-state index contributed by atoms with van der Waals surface area (Å²) in [6, 6.07) is 24.3. The fraction of sp³-hybridized carbons (Fsp3) is 0.269. The first-order valence-electron chi connectivity index (χ1n) is 10.8. The topological polar surface area (TPSA) is 50.4 Å². The predicted octanol–water partition coefficient (Wildman–Crippen LogP) is 5.74. The third kappa shape index (κ3) is 4.57. The van der Waals surface area contributed by atoms with Crippen molar-refractivity contribution in [2.24, 2.45) is 0 Å². The highest BCUT2D eigenvalue weighted by Gasteiger charge is 2.23. The molecule has 0 radical (unpaired) electrons. The first kappa shape index (κ1) is 19.6. The summed E-state index contributed by atoms with van der Waals surface area (Å²) < 4.78 is 11.1. The van der Waals surface area contributed by atoms with Crippen LogP contribution in [0.25, 0.3) is 11.0 Å². The van der Waals surface area contributed by atoms with E-state index in [0.717, 1.165) is 66.6 Å². The van der Waals surface area contributed by atoms with Crippen molar-refractivity contribution in [2.75, 3.05) is 20.2 Å². The Hall–Kier alpha value is -3.31. The summed E-state index contributed by atoms with van der Waals surface area (Å²) >= 11 is 0. The largest absolute Gasteiger partial charge is 0.497 e. The van der Waals surface area contributed by atoms with E-state index in [0.29, 0.717) is 5.92 Å². The molecule has 5 heteroatoms. The van der Waals surface area contributed by atoms with Crippen LogP contribution in [0, 0.1) is 0 Å². The van der Waals surface area contributed by atoms with Gasteiger partial charge >= 0.3 is 0 Å². The molecule has 0 unspecified atom stereocenters. The highest BCUT2D eigenvalue weighted by atomic mass is 16.5. The number of nitrogens with one attached hydrogen (secondary N) is 1. The number of likely N-dealkylation sites (tertiary alicyclic amines) is 1. The maximum atomic E-state index is 5.93. The van der Waals surface area contributed by atoms with Gasteiger partial charge in [-0.2, -0.15) is 0 Å². The van der Waals surface area contributed by atoms with Gasteiger partial charge in [-0.05, 0) is 80.0 Å². The predicted molar refractivity (Wildman–Crippen MR) is 123 cm³/mol. The number of piperidine rings is 1. The van der Waals surface area contributed by atoms with Crippen molar-refractivity contribution < 1.29 is 9.47 Å². The molecule has 1 saturated heterocycles. The molecule has 0 amide bonds. The van der Waals surface area contributed by atoms with Crippen molar-refractivity contribution in [1.29, 1.82) is 0 Å². The van der Waals surface area contributed by atoms with Crippen LogP contribution < -0.4 is 9.47 Å². The zero-order chi connectivity index (χ0) is 21.0. The fourth-order valence-corrected chi connectivity index (χ4v) is 4.23. The Balaban J connectivity index is 1.14. The molecule has 5 rings (SSSR count). The standard InChI is InChI=1S/C26H27N3O2/c1-30-21-10-12-23(13-11-21)31-22-8-6-19(7-9-22)18-29-16-14-20(15-17-29)26-27-24-4-2-3-5-25(24)28-26/h2-13,20H,14-18H2,1H3,(H,27,28). The van der Waals surface area contributed by atoms with E-state index in [1.165, 1.54) is 5.56 Å². The number of imidazole rings is 1. The molecule has 31 heavy (non-hydrogen) atoms. The second-order valence-electron chi connectivity index (χ2n) is 8.11. The van der Waals surface area contributed by atoms with E-state index < -0.39 is 0 Å². The quantitative estimate of drug-likeness (QED) is 0.438. The van der Waals surface area contributed by atoms with Crippen LogP contribution in [0.4, 0.5) is 0 Å². The Bertz CT molecular complexity index is 1090. The number of hydrogen-bond acceptors (Lipinski definition) is 4. The summed E-state index contributed by atoms with van der Waals surface area (Å²) in [5.74, 6) is 4.13. The summed E-state index contributed by atoms with van der Waals surface area (Å²) in [5, 5.41) is 0. The number of H-pyrrole nitrogens is 1. The lowest BCUT2D eigenvalue weighted by Gasteiger charge is -2.31. The van der Waals surface area contributed by atoms with Gasteiger partial charge in [0.1, 0.15) is 23.1 Å². The SMILES string of the molecule is COc1ccc(Oc2ccc(CN3CCC(c4nc5ccccc5[nH]4)CC3)cc2)cc1. The number of aromatic amines is 1. The monoisotopic (exact) mass is 413 g/mol. The molecular weight excluding hydrogens is 386 g/mol. The molecule has 1 aliphatic heterocycles. The van der Waals surface area contributed by atoms with Crippen LogP contribution in [0.15, 0.2) is 72.8 Å². The van der Waals surface area contributed by atoms with Crippen molar-refractivity contribution in [3.63, 3.8) is 0 Å². The number of aromatic nitrogens is 2. The van der Waals surface area contributed by atoms with E-state index in [-0.39, 0.29) is 0 Å². The molecule has 1 aliphatic rings. The molecule has 2 heterocycles. The lowest BCUT2D eigenvalue weighted by molar-refractivity contribution is 0.202. The average Bonchev–Trinajstić information content (AvgIpc) is 3.26. The van der Waals surface area contributed by atoms with E-state index in [4.69, 9.17) is 14.5 Å². The molecule has 3 aromatic carbocycles. The first-order chi connectivity index (χ1) is 15.3. The maximum absolute atomic E-state index is 5.93. The molecule has 5 nitrogen and oxygen atoms in total. The Morgan fingerprint density at radius 2 is 1.52 bits per heavy atom. The second-order valence-corrected chi connectivity index (χ2v) is 8.11. The molecule has 0 bridgehead atoms. The van der Waals surface area contributed by atoms with Gasteiger partial charge in [0.2, 0.25) is 0 Å². The summed E-state index contributed by atoms with van der Waals surface area (Å²) in [4.78, 5) is 10.8. The van der Waals surface area contributed by atoms with Crippen molar-refractivity contribution in [1.82, 2.24) is 14.9 Å². The molecule has 1 fully saturated rings. The lowest BCUT2D eigenvalue weighted by Crippen LogP contribution is -2.32. The minimum Gasteiger partial charge on any atom is -0.497 e. The number of benzene rings is 3. The Kier molecular flexibility index (Phi) is 5.59. The van der Waals surface area contributed by atoms with Crippen LogP contribution in [0.1, 0.15) is 30.1 Å². The van der Waals surface area contributed by atoms with Gasteiger partial charge < -0.3 is 14.5 Å². The van der Waals surface area contributed by atoms with E-state index in [2.05, 4.69) is 40.2 Å². The van der Waals surface area contributed by atoms with Crippen LogP contribution in [-0.2, 0) is 6.54 Å². The molecular formula is C26H27N3O2. The fourth-order valence-electron chi connectivity index (χ4n) is 4.23. The average molecular weight is 414 g/mol. The Morgan fingerprint density at radius 3 is 2.19 bits per heavy atom. The summed E-state index contributed by atoms with van der Waals surface area (Å²) in [6.07, 6.45) is 2.27. The second kappa shape index (κ2) is 8.82. The number of nitrogens with zero attached hydrogens (tertiary/aromatic N) is 2. The number of ether oxygens (including phenoxy) is 2. The van der Waals surface area contributed by atoms with Crippen molar-refractivity contribution >= 4 is 11.0 Å². The van der Waals surface area contributed by atoms with Gasteiger partial charge in [0, 0.05) is 12.5 Å². The number of fused-ring (bicyclic) bond motifs is 1. The molecule has 158 valence electrons. The number of rotatable bonds is 6. The van der Waals surface area contributed by atoms with Crippen LogP contribution in [0.5, 0.6) is 17.2 Å². The third-order valence-electron chi connectivity index (χ3n) is 6.01. The summed E-state index contributed by atoms with van der Waals surface area (Å²) in [6.45, 7) is 3.15. The molecule has 4 aromatic rings. The van der Waals surface area contributed by atoms with Gasteiger partial charge in [-0.25, -0.2) is 4.98 Å². The summed E-state index contributed by atoms with van der Waals surface area (Å²) in [5.41, 5.74) is 3.51. The van der Waals surface area contributed by atoms with Crippen LogP contribution in [0.2, 0.25) is 0 Å². The van der Waals surface area contributed by atoms with Gasteiger partial charge in [-0.3, -0.25) is 4.90 Å². The Labute approximate surface area is 182 Å². The van der Waals surface area contributed by atoms with E-state index in [1.807, 2.05) is 42.5 Å². The van der Waals surface area contributed by atoms with Crippen molar-refractivity contribution in [3.05, 3.63) is 84.2 Å². The van der Waals surface area contributed by atoms with Gasteiger partial charge in [0.25, 0.3) is 0 Å². The highest BCUT2D eigenvalue weighted by molar-refractivity contribution is 5.74. The maximum Gasteiger partial charge on any atom is 0.127 e. The van der Waals surface area contributed by atoms with Crippen molar-refractivity contribution in [3.8, 4) is 17.2 Å². The zero-order valence-corrected chi connectivity index (χ0v) is 17.8. The van der Waals surface area contributed by atoms with E-state index in [1.54, 1.807) is 7.11 Å². The zero-order valence-electron chi connectivity index (χ0n) is 17.8. The van der Waals surface area contributed by atoms with Crippen molar-refractivity contribution in [2.45, 2.75) is 25.3 Å².